The number of carbonyl (C=O) groups excluding carboxylic acids is 1. The molecule has 0 saturated carbocycles. The van der Waals surface area contributed by atoms with Crippen molar-refractivity contribution >= 4 is 18.3 Å². The van der Waals surface area contributed by atoms with Gasteiger partial charge in [-0.25, -0.2) is 4.79 Å². The number of ether oxygens (including phenoxy) is 1. The van der Waals surface area contributed by atoms with Gasteiger partial charge < -0.3 is 4.74 Å². The molecule has 1 heterocycles. The SMILES string of the molecule is CC(C)(C)OC(=O)C1=Cc2ccccc2CC=N1. The zero-order valence-corrected chi connectivity index (χ0v) is 10.9. The lowest BCUT2D eigenvalue weighted by Crippen LogP contribution is -2.24. The molecule has 18 heavy (non-hydrogen) atoms. The highest BCUT2D eigenvalue weighted by Gasteiger charge is 2.20. The van der Waals surface area contributed by atoms with Crippen molar-refractivity contribution in [1.82, 2.24) is 0 Å². The van der Waals surface area contributed by atoms with Crippen LogP contribution in [0.15, 0.2) is 35.0 Å². The molecule has 2 rings (SSSR count). The number of benzene rings is 1. The summed E-state index contributed by atoms with van der Waals surface area (Å²) in [5.41, 5.74) is 2.05. The molecule has 1 aromatic rings. The van der Waals surface area contributed by atoms with E-state index in [4.69, 9.17) is 4.74 Å². The standard InChI is InChI=1S/C15H17NO2/c1-15(2,3)18-14(17)13-10-12-7-5-4-6-11(12)8-9-16-13/h4-7,9-10H,8H2,1-3H3. The highest BCUT2D eigenvalue weighted by atomic mass is 16.6. The molecule has 94 valence electrons. The Hall–Kier alpha value is -1.90. The lowest BCUT2D eigenvalue weighted by molar-refractivity contribution is -0.149. The smallest absolute Gasteiger partial charge is 0.357 e. The second kappa shape index (κ2) is 4.77. The van der Waals surface area contributed by atoms with E-state index in [-0.39, 0.29) is 5.97 Å². The van der Waals surface area contributed by atoms with Gasteiger partial charge in [0.15, 0.2) is 0 Å². The Morgan fingerprint density at radius 1 is 1.28 bits per heavy atom. The molecule has 0 fully saturated rings. The van der Waals surface area contributed by atoms with Crippen LogP contribution in [0.2, 0.25) is 0 Å². The van der Waals surface area contributed by atoms with E-state index < -0.39 is 5.60 Å². The number of esters is 1. The van der Waals surface area contributed by atoms with Crippen molar-refractivity contribution in [3.8, 4) is 0 Å². The van der Waals surface area contributed by atoms with E-state index in [1.807, 2.05) is 45.0 Å². The van der Waals surface area contributed by atoms with Gasteiger partial charge in [0.25, 0.3) is 0 Å². The van der Waals surface area contributed by atoms with E-state index in [0.29, 0.717) is 5.70 Å². The van der Waals surface area contributed by atoms with Crippen molar-refractivity contribution in [2.75, 3.05) is 0 Å². The van der Waals surface area contributed by atoms with Crippen LogP contribution in [-0.4, -0.2) is 17.8 Å². The summed E-state index contributed by atoms with van der Waals surface area (Å²) in [6.45, 7) is 5.54. The minimum absolute atomic E-state index is 0.356. The third-order valence-electron chi connectivity index (χ3n) is 2.50. The molecular formula is C15H17NO2. The number of hydrogen-bond donors (Lipinski definition) is 0. The van der Waals surface area contributed by atoms with Crippen LogP contribution in [0.3, 0.4) is 0 Å². The van der Waals surface area contributed by atoms with Gasteiger partial charge in [-0.3, -0.25) is 4.99 Å². The number of hydrogen-bond acceptors (Lipinski definition) is 3. The van der Waals surface area contributed by atoms with E-state index in [9.17, 15) is 4.79 Å². The predicted molar refractivity (Wildman–Crippen MR) is 72.5 cm³/mol. The van der Waals surface area contributed by atoms with Gasteiger partial charge in [0.1, 0.15) is 11.3 Å². The average Bonchev–Trinajstić information content (AvgIpc) is 2.48. The zero-order chi connectivity index (χ0) is 13.2. The van der Waals surface area contributed by atoms with Crippen molar-refractivity contribution in [1.29, 1.82) is 0 Å². The topological polar surface area (TPSA) is 38.7 Å². The molecule has 0 atom stereocenters. The minimum atomic E-state index is -0.501. The first-order valence-corrected chi connectivity index (χ1v) is 6.01. The Bertz CT molecular complexity index is 522. The van der Waals surface area contributed by atoms with Crippen LogP contribution in [0.5, 0.6) is 0 Å². The summed E-state index contributed by atoms with van der Waals surface area (Å²) in [5, 5.41) is 0. The summed E-state index contributed by atoms with van der Waals surface area (Å²) in [6, 6.07) is 7.95. The fraction of sp³-hybridized carbons (Fsp3) is 0.333. The minimum Gasteiger partial charge on any atom is -0.455 e. The van der Waals surface area contributed by atoms with Crippen molar-refractivity contribution in [2.24, 2.45) is 4.99 Å². The largest absolute Gasteiger partial charge is 0.455 e. The number of nitrogens with zero attached hydrogens (tertiary/aromatic N) is 1. The lowest BCUT2D eigenvalue weighted by atomic mass is 10.1. The number of aliphatic imine (C=N–C) groups is 1. The van der Waals surface area contributed by atoms with Crippen molar-refractivity contribution in [3.05, 3.63) is 41.1 Å². The van der Waals surface area contributed by atoms with Crippen molar-refractivity contribution in [3.63, 3.8) is 0 Å². The third kappa shape index (κ3) is 3.06. The van der Waals surface area contributed by atoms with Gasteiger partial charge >= 0.3 is 5.97 Å². The molecule has 0 radical (unpaired) electrons. The van der Waals surface area contributed by atoms with Crippen molar-refractivity contribution in [2.45, 2.75) is 32.8 Å². The molecule has 0 amide bonds. The summed E-state index contributed by atoms with van der Waals surface area (Å²) in [4.78, 5) is 16.2. The maximum atomic E-state index is 12.0. The Balaban J connectivity index is 2.29. The van der Waals surface area contributed by atoms with Crippen LogP contribution in [0, 0.1) is 0 Å². The maximum absolute atomic E-state index is 12.0. The quantitative estimate of drug-likeness (QED) is 0.711. The monoisotopic (exact) mass is 243 g/mol. The second-order valence-electron chi connectivity index (χ2n) is 5.25. The Morgan fingerprint density at radius 3 is 2.72 bits per heavy atom. The van der Waals surface area contributed by atoms with Crippen LogP contribution in [0.25, 0.3) is 6.08 Å². The number of rotatable bonds is 1. The van der Waals surface area contributed by atoms with Gasteiger partial charge in [0, 0.05) is 12.6 Å². The predicted octanol–water partition coefficient (Wildman–Crippen LogP) is 3.00. The fourth-order valence-electron chi connectivity index (χ4n) is 1.73. The highest BCUT2D eigenvalue weighted by Crippen LogP contribution is 2.19. The van der Waals surface area contributed by atoms with Gasteiger partial charge in [-0.15, -0.1) is 0 Å². The van der Waals surface area contributed by atoms with Gasteiger partial charge in [-0.2, -0.15) is 0 Å². The molecular weight excluding hydrogens is 226 g/mol. The average molecular weight is 243 g/mol. The van der Waals surface area contributed by atoms with Gasteiger partial charge in [-0.1, -0.05) is 24.3 Å². The zero-order valence-electron chi connectivity index (χ0n) is 10.9. The maximum Gasteiger partial charge on any atom is 0.357 e. The summed E-state index contributed by atoms with van der Waals surface area (Å²) in [6.07, 6.45) is 4.27. The molecule has 0 bridgehead atoms. The Labute approximate surface area is 107 Å². The first kappa shape index (κ1) is 12.6. The first-order chi connectivity index (χ1) is 8.46. The molecule has 0 aliphatic carbocycles. The highest BCUT2D eigenvalue weighted by molar-refractivity contribution is 5.96. The van der Waals surface area contributed by atoms with Crippen molar-refractivity contribution < 1.29 is 9.53 Å². The summed E-state index contributed by atoms with van der Waals surface area (Å²) in [7, 11) is 0. The molecule has 0 saturated heterocycles. The van der Waals surface area contributed by atoms with Crippen LogP contribution < -0.4 is 0 Å². The molecule has 0 N–H and O–H groups in total. The third-order valence-corrected chi connectivity index (χ3v) is 2.50. The lowest BCUT2D eigenvalue weighted by Gasteiger charge is -2.19. The van der Waals surface area contributed by atoms with Crippen LogP contribution in [-0.2, 0) is 16.0 Å². The van der Waals surface area contributed by atoms with Gasteiger partial charge in [0.2, 0.25) is 0 Å². The molecule has 3 nitrogen and oxygen atoms in total. The van der Waals surface area contributed by atoms with E-state index in [2.05, 4.69) is 4.99 Å². The van der Waals surface area contributed by atoms with E-state index in [0.717, 1.165) is 12.0 Å². The molecule has 3 heteroatoms. The summed E-state index contributed by atoms with van der Waals surface area (Å²) in [5.74, 6) is -0.379. The molecule has 1 aromatic carbocycles. The number of fused-ring (bicyclic) bond motifs is 1. The van der Waals surface area contributed by atoms with Crippen LogP contribution in [0.1, 0.15) is 31.9 Å². The summed E-state index contributed by atoms with van der Waals surface area (Å²) >= 11 is 0. The van der Waals surface area contributed by atoms with E-state index in [1.165, 1.54) is 5.56 Å². The molecule has 0 spiro atoms. The molecule has 0 unspecified atom stereocenters. The normalized spacial score (nSPS) is 14.5. The second-order valence-corrected chi connectivity index (χ2v) is 5.25. The van der Waals surface area contributed by atoms with Gasteiger partial charge in [-0.05, 0) is 38.0 Å². The first-order valence-electron chi connectivity index (χ1n) is 6.01. The van der Waals surface area contributed by atoms with E-state index >= 15 is 0 Å². The van der Waals surface area contributed by atoms with E-state index in [1.54, 1.807) is 12.3 Å². The molecule has 0 aromatic heterocycles. The Morgan fingerprint density at radius 2 is 2.00 bits per heavy atom. The fourth-order valence-corrected chi connectivity index (χ4v) is 1.73. The number of carbonyl (C=O) groups is 1. The van der Waals surface area contributed by atoms with Gasteiger partial charge in [0.05, 0.1) is 0 Å². The molecule has 1 aliphatic heterocycles. The summed E-state index contributed by atoms with van der Waals surface area (Å²) < 4.78 is 5.33. The van der Waals surface area contributed by atoms with Crippen LogP contribution in [0.4, 0.5) is 0 Å². The Kier molecular flexibility index (Phi) is 3.32. The van der Waals surface area contributed by atoms with Crippen LogP contribution >= 0.6 is 0 Å². The molecule has 1 aliphatic rings.